The van der Waals surface area contributed by atoms with Gasteiger partial charge in [-0.2, -0.15) is 5.26 Å². The van der Waals surface area contributed by atoms with Gasteiger partial charge >= 0.3 is 0 Å². The fourth-order valence-electron chi connectivity index (χ4n) is 2.35. The van der Waals surface area contributed by atoms with Gasteiger partial charge in [0.15, 0.2) is 0 Å². The Morgan fingerprint density at radius 2 is 2.17 bits per heavy atom. The lowest BCUT2D eigenvalue weighted by molar-refractivity contribution is -0.0160. The number of nitriles is 1. The molecule has 1 heterocycles. The van der Waals surface area contributed by atoms with Gasteiger partial charge in [0.1, 0.15) is 6.07 Å². The van der Waals surface area contributed by atoms with Gasteiger partial charge in [-0.25, -0.2) is 0 Å². The van der Waals surface area contributed by atoms with E-state index < -0.39 is 0 Å². The first kappa shape index (κ1) is 12.9. The fraction of sp³-hybridized carbons (Fsp3) is 0.533. The molecule has 18 heavy (non-hydrogen) atoms. The van der Waals surface area contributed by atoms with Gasteiger partial charge in [0.05, 0.1) is 17.4 Å². The number of hydrogen-bond donors (Lipinski definition) is 1. The van der Waals surface area contributed by atoms with Crippen LogP contribution in [-0.4, -0.2) is 18.8 Å². The third-order valence-corrected chi connectivity index (χ3v) is 3.47. The number of para-hydroxylation sites is 1. The van der Waals surface area contributed by atoms with E-state index in [9.17, 15) is 0 Å². The second kappa shape index (κ2) is 5.88. The van der Waals surface area contributed by atoms with Gasteiger partial charge in [-0.3, -0.25) is 0 Å². The molecule has 96 valence electrons. The van der Waals surface area contributed by atoms with Gasteiger partial charge in [-0.15, -0.1) is 0 Å². The quantitative estimate of drug-likeness (QED) is 0.888. The minimum absolute atomic E-state index is 0.325. The van der Waals surface area contributed by atoms with Gasteiger partial charge in [-0.05, 0) is 30.9 Å². The van der Waals surface area contributed by atoms with Crippen LogP contribution in [0.15, 0.2) is 24.3 Å². The van der Waals surface area contributed by atoms with Crippen molar-refractivity contribution in [2.45, 2.75) is 38.8 Å². The lowest BCUT2D eigenvalue weighted by Crippen LogP contribution is -2.36. The van der Waals surface area contributed by atoms with Crippen molar-refractivity contribution in [3.8, 4) is 6.07 Å². The van der Waals surface area contributed by atoms with Crippen LogP contribution in [0.5, 0.6) is 0 Å². The molecule has 0 amide bonds. The zero-order valence-electron chi connectivity index (χ0n) is 11.0. The van der Waals surface area contributed by atoms with Crippen molar-refractivity contribution in [2.24, 2.45) is 5.92 Å². The average Bonchev–Trinajstić information content (AvgIpc) is 2.39. The van der Waals surface area contributed by atoms with Crippen LogP contribution >= 0.6 is 0 Å². The predicted octanol–water partition coefficient (Wildman–Crippen LogP) is 3.17. The normalized spacial score (nSPS) is 23.7. The van der Waals surface area contributed by atoms with Crippen molar-refractivity contribution in [2.75, 3.05) is 11.9 Å². The predicted molar refractivity (Wildman–Crippen MR) is 72.4 cm³/mol. The molecule has 3 heteroatoms. The standard InChI is InChI=1S/C15H20N2O/c1-11(2)15-9-13(7-8-18-15)17-14-6-4-3-5-12(14)10-16/h3-6,11,13,15,17H,7-9H2,1-2H3. The molecule has 0 aliphatic carbocycles. The minimum Gasteiger partial charge on any atom is -0.381 e. The van der Waals surface area contributed by atoms with Crippen LogP contribution in [0.1, 0.15) is 32.3 Å². The second-order valence-corrected chi connectivity index (χ2v) is 5.18. The molecule has 0 spiro atoms. The van der Waals surface area contributed by atoms with E-state index in [0.717, 1.165) is 25.1 Å². The highest BCUT2D eigenvalue weighted by Gasteiger charge is 2.25. The summed E-state index contributed by atoms with van der Waals surface area (Å²) in [6.45, 7) is 5.18. The molecule has 1 aromatic carbocycles. The highest BCUT2D eigenvalue weighted by atomic mass is 16.5. The third kappa shape index (κ3) is 3.02. The molecule has 0 aromatic heterocycles. The van der Waals surface area contributed by atoms with Gasteiger partial charge in [0, 0.05) is 12.6 Å². The van der Waals surface area contributed by atoms with Gasteiger partial charge in [0.2, 0.25) is 0 Å². The number of rotatable bonds is 3. The lowest BCUT2D eigenvalue weighted by atomic mass is 9.95. The third-order valence-electron chi connectivity index (χ3n) is 3.47. The summed E-state index contributed by atoms with van der Waals surface area (Å²) in [5.41, 5.74) is 1.65. The van der Waals surface area contributed by atoms with Crippen molar-refractivity contribution in [3.63, 3.8) is 0 Å². The summed E-state index contributed by atoms with van der Waals surface area (Å²) in [7, 11) is 0. The Labute approximate surface area is 109 Å². The highest BCUT2D eigenvalue weighted by Crippen LogP contribution is 2.24. The van der Waals surface area contributed by atoms with Crippen molar-refractivity contribution >= 4 is 5.69 Å². The van der Waals surface area contributed by atoms with Crippen LogP contribution in [0, 0.1) is 17.2 Å². The van der Waals surface area contributed by atoms with Crippen LogP contribution in [0.4, 0.5) is 5.69 Å². The van der Waals surface area contributed by atoms with E-state index in [2.05, 4.69) is 25.2 Å². The number of anilines is 1. The largest absolute Gasteiger partial charge is 0.381 e. The fourth-order valence-corrected chi connectivity index (χ4v) is 2.35. The Morgan fingerprint density at radius 3 is 2.89 bits per heavy atom. The van der Waals surface area contributed by atoms with E-state index in [-0.39, 0.29) is 0 Å². The Hall–Kier alpha value is -1.53. The first-order chi connectivity index (χ1) is 8.70. The summed E-state index contributed by atoms with van der Waals surface area (Å²) >= 11 is 0. The van der Waals surface area contributed by atoms with Crippen molar-refractivity contribution in [3.05, 3.63) is 29.8 Å². The number of benzene rings is 1. The van der Waals surface area contributed by atoms with E-state index in [1.165, 1.54) is 0 Å². The molecule has 2 unspecified atom stereocenters. The Kier molecular flexibility index (Phi) is 4.22. The SMILES string of the molecule is CC(C)C1CC(Nc2ccccc2C#N)CCO1. The van der Waals surface area contributed by atoms with Crippen LogP contribution in [0.3, 0.4) is 0 Å². The van der Waals surface area contributed by atoms with E-state index in [1.54, 1.807) is 0 Å². The van der Waals surface area contributed by atoms with Gasteiger partial charge in [0.25, 0.3) is 0 Å². The second-order valence-electron chi connectivity index (χ2n) is 5.18. The summed E-state index contributed by atoms with van der Waals surface area (Å²) in [5, 5.41) is 12.6. The number of hydrogen-bond acceptors (Lipinski definition) is 3. The molecule has 0 radical (unpaired) electrons. The molecule has 1 fully saturated rings. The van der Waals surface area contributed by atoms with Gasteiger partial charge in [-0.1, -0.05) is 26.0 Å². The van der Waals surface area contributed by atoms with E-state index in [0.29, 0.717) is 23.6 Å². The molecular formula is C15H20N2O. The van der Waals surface area contributed by atoms with Gasteiger partial charge < -0.3 is 10.1 Å². The molecule has 2 rings (SSSR count). The first-order valence-corrected chi connectivity index (χ1v) is 6.58. The number of ether oxygens (including phenoxy) is 1. The summed E-state index contributed by atoms with van der Waals surface area (Å²) in [4.78, 5) is 0. The average molecular weight is 244 g/mol. The van der Waals surface area contributed by atoms with Crippen molar-refractivity contribution in [1.82, 2.24) is 0 Å². The summed E-state index contributed by atoms with van der Waals surface area (Å²) in [6.07, 6.45) is 2.34. The highest BCUT2D eigenvalue weighted by molar-refractivity contribution is 5.57. The van der Waals surface area contributed by atoms with Crippen LogP contribution in [-0.2, 0) is 4.74 Å². The summed E-state index contributed by atoms with van der Waals surface area (Å²) in [5.74, 6) is 0.542. The van der Waals surface area contributed by atoms with E-state index >= 15 is 0 Å². The maximum atomic E-state index is 9.07. The molecule has 0 saturated carbocycles. The Balaban J connectivity index is 2.03. The van der Waals surface area contributed by atoms with Crippen LogP contribution in [0.25, 0.3) is 0 Å². The molecular weight excluding hydrogens is 224 g/mol. The molecule has 3 nitrogen and oxygen atoms in total. The first-order valence-electron chi connectivity index (χ1n) is 6.58. The van der Waals surface area contributed by atoms with Crippen LogP contribution < -0.4 is 5.32 Å². The molecule has 1 saturated heterocycles. The zero-order chi connectivity index (χ0) is 13.0. The molecule has 1 N–H and O–H groups in total. The van der Waals surface area contributed by atoms with Crippen molar-refractivity contribution in [1.29, 1.82) is 5.26 Å². The monoisotopic (exact) mass is 244 g/mol. The Morgan fingerprint density at radius 1 is 1.39 bits per heavy atom. The number of nitrogens with zero attached hydrogens (tertiary/aromatic N) is 1. The summed E-state index contributed by atoms with van der Waals surface area (Å²) in [6, 6.07) is 10.3. The smallest absolute Gasteiger partial charge is 0.101 e. The number of nitrogens with one attached hydrogen (secondary N) is 1. The zero-order valence-corrected chi connectivity index (χ0v) is 11.0. The summed E-state index contributed by atoms with van der Waals surface area (Å²) < 4.78 is 5.76. The molecule has 1 aliphatic heterocycles. The molecule has 2 atom stereocenters. The Bertz CT molecular complexity index is 436. The molecule has 1 aromatic rings. The van der Waals surface area contributed by atoms with E-state index in [1.807, 2.05) is 24.3 Å². The molecule has 1 aliphatic rings. The maximum Gasteiger partial charge on any atom is 0.101 e. The minimum atomic E-state index is 0.325. The van der Waals surface area contributed by atoms with E-state index in [4.69, 9.17) is 10.00 Å². The maximum absolute atomic E-state index is 9.07. The molecule has 0 bridgehead atoms. The topological polar surface area (TPSA) is 45.0 Å². The van der Waals surface area contributed by atoms with Crippen molar-refractivity contribution < 1.29 is 4.74 Å². The van der Waals surface area contributed by atoms with Crippen LogP contribution in [0.2, 0.25) is 0 Å². The lowest BCUT2D eigenvalue weighted by Gasteiger charge is -2.33.